The number of nitrogens with one attached hydrogen (secondary N) is 2. The lowest BCUT2D eigenvalue weighted by Crippen LogP contribution is -2.13. The summed E-state index contributed by atoms with van der Waals surface area (Å²) >= 11 is 1.86. The van der Waals surface area contributed by atoms with Crippen molar-refractivity contribution in [1.82, 2.24) is 4.98 Å². The molecule has 4 N–H and O–H groups in total. The first-order valence-electron chi connectivity index (χ1n) is 5.27. The maximum Gasteiger partial charge on any atom is 0.263 e. The van der Waals surface area contributed by atoms with Crippen molar-refractivity contribution in [1.29, 1.82) is 0 Å². The Morgan fingerprint density at radius 3 is 2.68 bits per heavy atom. The zero-order valence-corrected chi connectivity index (χ0v) is 12.6. The van der Waals surface area contributed by atoms with Crippen molar-refractivity contribution >= 4 is 38.3 Å². The molecule has 0 bridgehead atoms. The molecule has 0 saturated heterocycles. The molecule has 1 aromatic carbocycles. The van der Waals surface area contributed by atoms with E-state index in [-0.39, 0.29) is 11.4 Å². The lowest BCUT2D eigenvalue weighted by molar-refractivity contribution is 0.601. The van der Waals surface area contributed by atoms with Gasteiger partial charge in [-0.05, 0) is 46.9 Å². The highest BCUT2D eigenvalue weighted by atomic mass is 127. The van der Waals surface area contributed by atoms with E-state index < -0.39 is 15.8 Å². The number of sulfonamides is 1. The van der Waals surface area contributed by atoms with E-state index in [0.717, 1.165) is 0 Å². The highest BCUT2D eigenvalue weighted by molar-refractivity contribution is 14.1. The zero-order valence-electron chi connectivity index (χ0n) is 9.65. The van der Waals surface area contributed by atoms with Gasteiger partial charge in [-0.2, -0.15) is 0 Å². The maximum atomic E-state index is 13.0. The topological polar surface area (TPSA) is 88.0 Å². The first-order valence-corrected chi connectivity index (χ1v) is 7.84. The lowest BCUT2D eigenvalue weighted by atomic mass is 10.3. The molecular weight excluding hydrogens is 384 g/mol. The number of anilines is 1. The molecule has 0 aliphatic carbocycles. The highest BCUT2D eigenvalue weighted by Gasteiger charge is 2.17. The molecule has 2 rings (SSSR count). The number of hydrogen-bond donors (Lipinski definition) is 3. The largest absolute Gasteiger partial charge is 0.363 e. The highest BCUT2D eigenvalue weighted by Crippen LogP contribution is 2.22. The Morgan fingerprint density at radius 2 is 2.11 bits per heavy atom. The normalized spacial score (nSPS) is 11.5. The van der Waals surface area contributed by atoms with Crippen LogP contribution in [0.25, 0.3) is 0 Å². The van der Waals surface area contributed by atoms with Gasteiger partial charge in [0.15, 0.2) is 0 Å². The van der Waals surface area contributed by atoms with Crippen LogP contribution in [-0.2, 0) is 16.6 Å². The van der Waals surface area contributed by atoms with Crippen molar-refractivity contribution in [3.63, 3.8) is 0 Å². The second-order valence-corrected chi connectivity index (χ2v) is 6.64. The predicted octanol–water partition coefficient (Wildman–Crippen LogP) is 2.02. The lowest BCUT2D eigenvalue weighted by Gasteiger charge is -2.08. The van der Waals surface area contributed by atoms with Crippen molar-refractivity contribution in [3.8, 4) is 0 Å². The Morgan fingerprint density at radius 1 is 1.37 bits per heavy atom. The van der Waals surface area contributed by atoms with Crippen molar-refractivity contribution < 1.29 is 12.8 Å². The summed E-state index contributed by atoms with van der Waals surface area (Å²) in [7, 11) is -3.70. The average Bonchev–Trinajstić information content (AvgIpc) is 2.82. The van der Waals surface area contributed by atoms with Crippen LogP contribution in [0.3, 0.4) is 0 Å². The summed E-state index contributed by atoms with van der Waals surface area (Å²) in [6, 6.07) is 5.28. The van der Waals surface area contributed by atoms with Crippen molar-refractivity contribution in [3.05, 3.63) is 45.5 Å². The third kappa shape index (κ3) is 3.25. The number of H-pyrrole nitrogens is 1. The molecule has 0 atom stereocenters. The van der Waals surface area contributed by atoms with Gasteiger partial charge in [0.2, 0.25) is 0 Å². The van der Waals surface area contributed by atoms with E-state index in [1.165, 1.54) is 30.5 Å². The fraction of sp³-hybridized carbons (Fsp3) is 0.0909. The Hall–Kier alpha value is -1.13. The number of nitrogens with two attached hydrogens (primary N) is 1. The molecule has 0 aliphatic rings. The van der Waals surface area contributed by atoms with Gasteiger partial charge in [-0.3, -0.25) is 4.72 Å². The van der Waals surface area contributed by atoms with E-state index in [9.17, 15) is 12.8 Å². The Balaban J connectivity index is 2.30. The molecule has 5 nitrogen and oxygen atoms in total. The van der Waals surface area contributed by atoms with Crippen LogP contribution in [-0.4, -0.2) is 13.4 Å². The van der Waals surface area contributed by atoms with Crippen LogP contribution in [0, 0.1) is 9.39 Å². The summed E-state index contributed by atoms with van der Waals surface area (Å²) in [5.74, 6) is -0.417. The van der Waals surface area contributed by atoms with Crippen molar-refractivity contribution in [2.24, 2.45) is 5.73 Å². The van der Waals surface area contributed by atoms with E-state index in [1.54, 1.807) is 0 Å². The molecule has 2 aromatic rings. The second kappa shape index (κ2) is 5.47. The second-order valence-electron chi connectivity index (χ2n) is 3.79. The molecule has 0 saturated carbocycles. The summed E-state index contributed by atoms with van der Waals surface area (Å²) in [6.07, 6.45) is 1.36. The molecule has 0 radical (unpaired) electrons. The third-order valence-electron chi connectivity index (χ3n) is 2.42. The van der Waals surface area contributed by atoms with Crippen LogP contribution in [0.1, 0.15) is 5.69 Å². The molecule has 0 unspecified atom stereocenters. The summed E-state index contributed by atoms with van der Waals surface area (Å²) in [6.45, 7) is 0.226. The maximum absolute atomic E-state index is 13.0. The van der Waals surface area contributed by atoms with Gasteiger partial charge in [0.1, 0.15) is 10.7 Å². The molecule has 0 spiro atoms. The molecular formula is C11H11FIN3O2S. The SMILES string of the molecule is NCc1cc(S(=O)(=O)Nc2ccc(F)cc2I)c[nH]1. The molecule has 8 heteroatoms. The monoisotopic (exact) mass is 395 g/mol. The van der Waals surface area contributed by atoms with E-state index in [2.05, 4.69) is 9.71 Å². The van der Waals surface area contributed by atoms with Gasteiger partial charge in [-0.1, -0.05) is 0 Å². The number of aromatic nitrogens is 1. The molecule has 102 valence electrons. The van der Waals surface area contributed by atoms with E-state index in [1.807, 2.05) is 22.6 Å². The molecule has 0 fully saturated rings. The Labute approximate surface area is 123 Å². The number of aromatic amines is 1. The van der Waals surface area contributed by atoms with Crippen LogP contribution in [0.15, 0.2) is 35.4 Å². The average molecular weight is 395 g/mol. The smallest absolute Gasteiger partial charge is 0.263 e. The minimum absolute atomic E-state index is 0.0908. The van der Waals surface area contributed by atoms with Gasteiger partial charge in [0.05, 0.1) is 5.69 Å². The minimum atomic E-state index is -3.70. The first-order chi connectivity index (χ1) is 8.92. The van der Waals surface area contributed by atoms with Gasteiger partial charge in [-0.25, -0.2) is 12.8 Å². The molecule has 1 aromatic heterocycles. The van der Waals surface area contributed by atoms with Crippen molar-refractivity contribution in [2.75, 3.05) is 4.72 Å². The third-order valence-corrected chi connectivity index (χ3v) is 4.66. The number of halogens is 2. The van der Waals surface area contributed by atoms with E-state index in [4.69, 9.17) is 5.73 Å². The van der Waals surface area contributed by atoms with Crippen LogP contribution >= 0.6 is 22.6 Å². The van der Waals surface area contributed by atoms with Crippen LogP contribution in [0.4, 0.5) is 10.1 Å². The Kier molecular flexibility index (Phi) is 4.11. The van der Waals surface area contributed by atoms with E-state index >= 15 is 0 Å². The summed E-state index contributed by atoms with van der Waals surface area (Å²) in [5, 5.41) is 0. The molecule has 0 aliphatic heterocycles. The minimum Gasteiger partial charge on any atom is -0.363 e. The van der Waals surface area contributed by atoms with E-state index in [0.29, 0.717) is 15.0 Å². The van der Waals surface area contributed by atoms with Crippen molar-refractivity contribution in [2.45, 2.75) is 11.4 Å². The van der Waals surface area contributed by atoms with Crippen LogP contribution in [0.5, 0.6) is 0 Å². The van der Waals surface area contributed by atoms with Crippen LogP contribution < -0.4 is 10.5 Å². The van der Waals surface area contributed by atoms with Gasteiger partial charge in [0.25, 0.3) is 10.0 Å². The summed E-state index contributed by atoms with van der Waals surface area (Å²) in [5.41, 5.74) is 6.36. The Bertz CT molecular complexity index is 700. The number of hydrogen-bond acceptors (Lipinski definition) is 3. The molecule has 19 heavy (non-hydrogen) atoms. The fourth-order valence-corrected chi connectivity index (χ4v) is 3.36. The fourth-order valence-electron chi connectivity index (χ4n) is 1.47. The molecule has 0 amide bonds. The summed E-state index contributed by atoms with van der Waals surface area (Å²) in [4.78, 5) is 2.86. The first kappa shape index (κ1) is 14.3. The van der Waals surface area contributed by atoms with Crippen LogP contribution in [0.2, 0.25) is 0 Å². The molecule has 1 heterocycles. The van der Waals surface area contributed by atoms with Gasteiger partial charge in [0, 0.05) is 22.0 Å². The quantitative estimate of drug-likeness (QED) is 0.693. The summed E-state index contributed by atoms with van der Waals surface area (Å²) < 4.78 is 40.0. The zero-order chi connectivity index (χ0) is 14.0. The number of rotatable bonds is 4. The van der Waals surface area contributed by atoms with Gasteiger partial charge in [-0.15, -0.1) is 0 Å². The number of benzene rings is 1. The van der Waals surface area contributed by atoms with Gasteiger partial charge >= 0.3 is 0 Å². The standard InChI is InChI=1S/C11H11FIN3O2S/c12-7-1-2-11(10(13)3-7)16-19(17,18)9-4-8(5-14)15-6-9/h1-4,6,15-16H,5,14H2. The predicted molar refractivity (Wildman–Crippen MR) is 78.6 cm³/mol. The van der Waals surface area contributed by atoms with Gasteiger partial charge < -0.3 is 10.7 Å².